The van der Waals surface area contributed by atoms with E-state index in [9.17, 15) is 14.7 Å². The smallest absolute Gasteiger partial charge is 0.306 e. The number of unbranched alkanes of at least 4 members (excludes halogenated alkanes) is 14. The van der Waals surface area contributed by atoms with Crippen molar-refractivity contribution in [2.24, 2.45) is 5.92 Å². The van der Waals surface area contributed by atoms with Crippen LogP contribution < -0.4 is 5.11 Å². The Morgan fingerprint density at radius 3 is 1.57 bits per heavy atom. The first-order chi connectivity index (χ1) is 16.6. The first-order valence-corrected chi connectivity index (χ1v) is 14.8. The fraction of sp³-hybridized carbons (Fsp3) is 0.933. The summed E-state index contributed by atoms with van der Waals surface area (Å²) in [4.78, 5) is 23.0. The predicted octanol–water partition coefficient (Wildman–Crippen LogP) is 6.81. The molecule has 0 saturated heterocycles. The molecule has 0 spiro atoms. The Labute approximate surface area is 218 Å². The number of carbonyl (C=O) groups excluding carboxylic acids is 2. The molecule has 0 aromatic rings. The van der Waals surface area contributed by atoms with Crippen molar-refractivity contribution < 1.29 is 23.9 Å². The van der Waals surface area contributed by atoms with Crippen LogP contribution in [-0.2, 0) is 14.3 Å². The van der Waals surface area contributed by atoms with Crippen molar-refractivity contribution in [3.63, 3.8) is 0 Å². The van der Waals surface area contributed by atoms with Crippen LogP contribution >= 0.6 is 0 Å². The first kappa shape index (κ1) is 33.9. The standard InChI is InChI=1S/C30H59NO4/c1-6-7-22-27(2)23-20-18-16-14-12-10-8-9-11-13-15-17-19-21-24-30(34)35-28(25-29(32)33)26-31(3,4)5/h27-28H,6-26H2,1-5H3. The highest BCUT2D eigenvalue weighted by Crippen LogP contribution is 2.18. The number of esters is 1. The normalized spacial score (nSPS) is 13.5. The van der Waals surface area contributed by atoms with Gasteiger partial charge in [0, 0.05) is 18.8 Å². The molecular weight excluding hydrogens is 438 g/mol. The van der Waals surface area contributed by atoms with E-state index < -0.39 is 12.1 Å². The van der Waals surface area contributed by atoms with Crippen molar-refractivity contribution in [2.45, 2.75) is 148 Å². The molecule has 0 N–H and O–H groups in total. The molecule has 0 saturated carbocycles. The van der Waals surface area contributed by atoms with E-state index in [0.29, 0.717) is 17.4 Å². The second kappa shape index (κ2) is 22.1. The van der Waals surface area contributed by atoms with Gasteiger partial charge in [-0.05, 0) is 12.3 Å². The SMILES string of the molecule is CCCCC(C)CCCCCCCCCCCCCCCCC(=O)OC(CC(=O)[O-])C[N+](C)(C)C. The number of carboxylic acids is 1. The summed E-state index contributed by atoms with van der Waals surface area (Å²) in [6.07, 6.45) is 23.1. The number of rotatable bonds is 25. The van der Waals surface area contributed by atoms with E-state index in [2.05, 4.69) is 13.8 Å². The lowest BCUT2D eigenvalue weighted by Gasteiger charge is -2.29. The maximum atomic E-state index is 12.1. The summed E-state index contributed by atoms with van der Waals surface area (Å²) in [5.41, 5.74) is 0. The van der Waals surface area contributed by atoms with Gasteiger partial charge < -0.3 is 19.1 Å². The summed E-state index contributed by atoms with van der Waals surface area (Å²) in [5.74, 6) is -0.536. The summed E-state index contributed by atoms with van der Waals surface area (Å²) in [7, 11) is 5.86. The zero-order valence-electron chi connectivity index (χ0n) is 24.1. The fourth-order valence-corrected chi connectivity index (χ4v) is 4.77. The highest BCUT2D eigenvalue weighted by molar-refractivity contribution is 5.70. The van der Waals surface area contributed by atoms with Gasteiger partial charge in [0.2, 0.25) is 0 Å². The molecule has 0 aliphatic heterocycles. The van der Waals surface area contributed by atoms with Crippen LogP contribution in [0.25, 0.3) is 0 Å². The van der Waals surface area contributed by atoms with Crippen molar-refractivity contribution in [1.82, 2.24) is 0 Å². The number of likely N-dealkylation sites (N-methyl/N-ethyl adjacent to an activating group) is 1. The van der Waals surface area contributed by atoms with Crippen LogP contribution in [0.2, 0.25) is 0 Å². The van der Waals surface area contributed by atoms with Crippen molar-refractivity contribution in [1.29, 1.82) is 0 Å². The van der Waals surface area contributed by atoms with Crippen LogP contribution in [0.3, 0.4) is 0 Å². The summed E-state index contributed by atoms with van der Waals surface area (Å²) in [6, 6.07) is 0. The molecular formula is C30H59NO4. The molecule has 0 amide bonds. The number of ether oxygens (including phenoxy) is 1. The third kappa shape index (κ3) is 25.8. The van der Waals surface area contributed by atoms with E-state index in [1.807, 2.05) is 21.1 Å². The average molecular weight is 498 g/mol. The topological polar surface area (TPSA) is 66.4 Å². The molecule has 0 aliphatic rings. The maximum Gasteiger partial charge on any atom is 0.306 e. The molecule has 35 heavy (non-hydrogen) atoms. The molecule has 0 fully saturated rings. The lowest BCUT2D eigenvalue weighted by Crippen LogP contribution is -2.45. The molecule has 2 unspecified atom stereocenters. The fourth-order valence-electron chi connectivity index (χ4n) is 4.77. The van der Waals surface area contributed by atoms with E-state index in [1.165, 1.54) is 96.3 Å². The predicted molar refractivity (Wildman–Crippen MR) is 145 cm³/mol. The van der Waals surface area contributed by atoms with Crippen LogP contribution in [-0.4, -0.2) is 50.2 Å². The van der Waals surface area contributed by atoms with Gasteiger partial charge in [-0.1, -0.05) is 123 Å². The highest BCUT2D eigenvalue weighted by Gasteiger charge is 2.22. The van der Waals surface area contributed by atoms with Gasteiger partial charge in [-0.15, -0.1) is 0 Å². The Kier molecular flexibility index (Phi) is 21.4. The second-order valence-corrected chi connectivity index (χ2v) is 11.9. The van der Waals surface area contributed by atoms with E-state index >= 15 is 0 Å². The average Bonchev–Trinajstić information content (AvgIpc) is 2.75. The first-order valence-electron chi connectivity index (χ1n) is 14.8. The number of carbonyl (C=O) groups is 2. The van der Waals surface area contributed by atoms with E-state index in [0.717, 1.165) is 25.2 Å². The second-order valence-electron chi connectivity index (χ2n) is 11.9. The minimum Gasteiger partial charge on any atom is -0.550 e. The van der Waals surface area contributed by atoms with Crippen LogP contribution in [0.5, 0.6) is 0 Å². The molecule has 5 nitrogen and oxygen atoms in total. The van der Waals surface area contributed by atoms with Crippen LogP contribution in [0.1, 0.15) is 142 Å². The largest absolute Gasteiger partial charge is 0.550 e. The lowest BCUT2D eigenvalue weighted by molar-refractivity contribution is -0.873. The van der Waals surface area contributed by atoms with E-state index in [-0.39, 0.29) is 12.4 Å². The number of nitrogens with zero attached hydrogens (tertiary/aromatic N) is 1. The van der Waals surface area contributed by atoms with Gasteiger partial charge in [0.05, 0.1) is 21.1 Å². The molecule has 0 aromatic heterocycles. The number of carboxylic acid groups (broad SMARTS) is 1. The van der Waals surface area contributed by atoms with Gasteiger partial charge >= 0.3 is 5.97 Å². The molecule has 0 rings (SSSR count). The van der Waals surface area contributed by atoms with Crippen molar-refractivity contribution in [3.8, 4) is 0 Å². The van der Waals surface area contributed by atoms with Gasteiger partial charge in [-0.2, -0.15) is 0 Å². The zero-order valence-corrected chi connectivity index (χ0v) is 24.1. The van der Waals surface area contributed by atoms with E-state index in [4.69, 9.17) is 4.74 Å². The highest BCUT2D eigenvalue weighted by atomic mass is 16.5. The minimum absolute atomic E-state index is 0.236. The molecule has 0 bridgehead atoms. The van der Waals surface area contributed by atoms with Gasteiger partial charge in [0.1, 0.15) is 6.54 Å². The van der Waals surface area contributed by atoms with Crippen LogP contribution in [0.15, 0.2) is 0 Å². The third-order valence-electron chi connectivity index (χ3n) is 6.82. The maximum absolute atomic E-state index is 12.1. The molecule has 0 aromatic carbocycles. The summed E-state index contributed by atoms with van der Waals surface area (Å²) in [6.45, 7) is 5.17. The van der Waals surface area contributed by atoms with Gasteiger partial charge in [-0.3, -0.25) is 4.79 Å². The molecule has 0 aliphatic carbocycles. The van der Waals surface area contributed by atoms with Gasteiger partial charge in [-0.25, -0.2) is 0 Å². The van der Waals surface area contributed by atoms with Crippen LogP contribution in [0.4, 0.5) is 0 Å². The van der Waals surface area contributed by atoms with Crippen molar-refractivity contribution >= 4 is 11.9 Å². The van der Waals surface area contributed by atoms with Gasteiger partial charge in [0.15, 0.2) is 6.10 Å². The number of hydrogen-bond donors (Lipinski definition) is 0. The van der Waals surface area contributed by atoms with Crippen LogP contribution in [0, 0.1) is 5.92 Å². The Hall–Kier alpha value is -1.10. The van der Waals surface area contributed by atoms with Crippen molar-refractivity contribution in [3.05, 3.63) is 0 Å². The third-order valence-corrected chi connectivity index (χ3v) is 6.82. The molecule has 2 atom stereocenters. The number of hydrogen-bond acceptors (Lipinski definition) is 4. The van der Waals surface area contributed by atoms with Gasteiger partial charge in [0.25, 0.3) is 0 Å². The quantitative estimate of drug-likeness (QED) is 0.0789. The Morgan fingerprint density at radius 1 is 0.714 bits per heavy atom. The summed E-state index contributed by atoms with van der Waals surface area (Å²) >= 11 is 0. The summed E-state index contributed by atoms with van der Waals surface area (Å²) in [5, 5.41) is 10.9. The number of aliphatic carboxylic acids is 1. The monoisotopic (exact) mass is 497 g/mol. The molecule has 0 radical (unpaired) electrons. The molecule has 208 valence electrons. The van der Waals surface area contributed by atoms with E-state index in [1.54, 1.807) is 0 Å². The zero-order chi connectivity index (χ0) is 26.4. The lowest BCUT2D eigenvalue weighted by atomic mass is 9.97. The molecule has 5 heteroatoms. The Bertz CT molecular complexity index is 515. The van der Waals surface area contributed by atoms with Crippen molar-refractivity contribution in [2.75, 3.05) is 27.7 Å². The molecule has 0 heterocycles. The minimum atomic E-state index is -1.17. The Balaban J connectivity index is 3.48. The summed E-state index contributed by atoms with van der Waals surface area (Å²) < 4.78 is 5.95. The number of quaternary nitrogens is 1. The Morgan fingerprint density at radius 2 is 1.14 bits per heavy atom.